The maximum Gasteiger partial charge on any atom is 1.00 e. The van der Waals surface area contributed by atoms with Crippen LogP contribution in [0.1, 0.15) is 55.8 Å². The molecule has 0 bridgehead atoms. The Kier molecular flexibility index (Phi) is 11.5. The molecule has 0 N–H and O–H groups in total. The van der Waals surface area contributed by atoms with Crippen LogP contribution in [0.2, 0.25) is 0 Å². The monoisotopic (exact) mass is 564 g/mol. The van der Waals surface area contributed by atoms with Crippen molar-refractivity contribution in [3.63, 3.8) is 0 Å². The molecule has 6 nitrogen and oxygen atoms in total. The van der Waals surface area contributed by atoms with E-state index in [9.17, 15) is 19.0 Å². The Labute approximate surface area is 257 Å². The first-order valence-electron chi connectivity index (χ1n) is 12.8. The SMILES string of the molecule is Cc1cc(OP(=O)([O-])Oc2ccc(C(=O)CCc3ccccc3)c(C)c2)ccc1C(=O)CCc1ccccc1.[Na+]. The molecule has 40 heavy (non-hydrogen) atoms. The van der Waals surface area contributed by atoms with Crippen molar-refractivity contribution in [3.05, 3.63) is 130 Å². The predicted molar refractivity (Wildman–Crippen MR) is 149 cm³/mol. The number of rotatable bonds is 12. The molecule has 0 aliphatic carbocycles. The van der Waals surface area contributed by atoms with Gasteiger partial charge in [0.25, 0.3) is 0 Å². The predicted octanol–water partition coefficient (Wildman–Crippen LogP) is 3.86. The van der Waals surface area contributed by atoms with Gasteiger partial charge in [-0.15, -0.1) is 0 Å². The minimum atomic E-state index is -4.78. The molecule has 0 aliphatic heterocycles. The van der Waals surface area contributed by atoms with Crippen LogP contribution in [0.5, 0.6) is 11.5 Å². The Morgan fingerprint density at radius 1 is 0.650 bits per heavy atom. The first-order valence-corrected chi connectivity index (χ1v) is 14.2. The molecule has 0 spiro atoms. The number of benzene rings is 4. The van der Waals surface area contributed by atoms with E-state index in [0.717, 1.165) is 11.1 Å². The van der Waals surface area contributed by atoms with Gasteiger partial charge >= 0.3 is 37.4 Å². The van der Waals surface area contributed by atoms with E-state index in [4.69, 9.17) is 9.05 Å². The van der Waals surface area contributed by atoms with Crippen LogP contribution in [0.25, 0.3) is 0 Å². The second kappa shape index (κ2) is 14.6. The molecular formula is C32H30NaO6P. The second-order valence-corrected chi connectivity index (χ2v) is 10.7. The maximum atomic E-state index is 12.7. The summed E-state index contributed by atoms with van der Waals surface area (Å²) in [5.74, 6) is 0.0430. The Balaban J connectivity index is 0.00000441. The van der Waals surface area contributed by atoms with Gasteiger partial charge in [0.05, 0.1) is 0 Å². The van der Waals surface area contributed by atoms with Gasteiger partial charge in [-0.3, -0.25) is 9.59 Å². The standard InChI is InChI=1S/C32H31O6P.Na/c1-23-21-27(15-17-29(23)31(33)19-13-25-9-5-3-6-10-25)37-39(35,36)38-28-16-18-30(24(2)22-28)32(34)20-14-26-11-7-4-8-12-26;/h3-12,15-18,21-22H,13-14,19-20H2,1-2H3,(H,35,36);/q;+1/p-1. The number of ketones is 2. The Morgan fingerprint density at radius 2 is 1.02 bits per heavy atom. The fraction of sp³-hybridized carbons (Fsp3) is 0.188. The molecule has 0 saturated heterocycles. The Morgan fingerprint density at radius 3 is 1.38 bits per heavy atom. The summed E-state index contributed by atoms with van der Waals surface area (Å²) in [7, 11) is -4.78. The van der Waals surface area contributed by atoms with Crippen LogP contribution in [-0.2, 0) is 17.4 Å². The summed E-state index contributed by atoms with van der Waals surface area (Å²) in [6.07, 6.45) is 1.94. The molecular weight excluding hydrogens is 534 g/mol. The molecule has 0 fully saturated rings. The van der Waals surface area contributed by atoms with Gasteiger partial charge in [0.1, 0.15) is 11.5 Å². The zero-order chi connectivity index (χ0) is 27.8. The molecule has 0 aromatic heterocycles. The van der Waals surface area contributed by atoms with Crippen molar-refractivity contribution in [2.45, 2.75) is 39.5 Å². The van der Waals surface area contributed by atoms with Crippen LogP contribution < -0.4 is 43.5 Å². The van der Waals surface area contributed by atoms with Crippen molar-refractivity contribution < 1.29 is 57.7 Å². The minimum Gasteiger partial charge on any atom is -0.736 e. The third kappa shape index (κ3) is 9.02. The van der Waals surface area contributed by atoms with Gasteiger partial charge in [0, 0.05) is 24.0 Å². The van der Waals surface area contributed by atoms with Crippen LogP contribution in [0, 0.1) is 13.8 Å². The average Bonchev–Trinajstić information content (AvgIpc) is 2.91. The molecule has 8 heteroatoms. The number of phosphoric acid groups is 1. The van der Waals surface area contributed by atoms with Crippen molar-refractivity contribution in [2.75, 3.05) is 0 Å². The Bertz CT molecular complexity index is 1390. The van der Waals surface area contributed by atoms with E-state index < -0.39 is 7.82 Å². The van der Waals surface area contributed by atoms with E-state index in [-0.39, 0.29) is 52.6 Å². The van der Waals surface area contributed by atoms with Gasteiger partial charge in [0.15, 0.2) is 11.6 Å². The average molecular weight is 565 g/mol. The van der Waals surface area contributed by atoms with E-state index in [0.29, 0.717) is 47.9 Å². The first-order chi connectivity index (χ1) is 18.7. The third-order valence-corrected chi connectivity index (χ3v) is 7.27. The van der Waals surface area contributed by atoms with Crippen LogP contribution in [-0.4, -0.2) is 11.6 Å². The second-order valence-electron chi connectivity index (χ2n) is 9.40. The normalized spacial score (nSPS) is 10.9. The number of hydrogen-bond acceptors (Lipinski definition) is 6. The van der Waals surface area contributed by atoms with Gasteiger partial charge in [-0.25, -0.2) is 4.57 Å². The number of Topliss-reactive ketones (excluding diaryl/α,β-unsaturated/α-hetero) is 2. The quantitative estimate of drug-likeness (QED) is 0.147. The zero-order valence-electron chi connectivity index (χ0n) is 23.0. The maximum absolute atomic E-state index is 12.7. The largest absolute Gasteiger partial charge is 1.00 e. The summed E-state index contributed by atoms with van der Waals surface area (Å²) in [6.45, 7) is 3.46. The Hall–Kier alpha value is -2.99. The molecule has 0 saturated carbocycles. The van der Waals surface area contributed by atoms with E-state index in [1.54, 1.807) is 26.0 Å². The summed E-state index contributed by atoms with van der Waals surface area (Å²) in [6, 6.07) is 28.5. The van der Waals surface area contributed by atoms with E-state index >= 15 is 0 Å². The molecule has 0 aliphatic rings. The van der Waals surface area contributed by atoms with Gasteiger partial charge in [0.2, 0.25) is 0 Å². The van der Waals surface area contributed by atoms with Gasteiger partial charge in [-0.1, -0.05) is 60.7 Å². The van der Waals surface area contributed by atoms with Crippen molar-refractivity contribution in [1.82, 2.24) is 0 Å². The molecule has 4 aromatic carbocycles. The van der Waals surface area contributed by atoms with Crippen LogP contribution >= 0.6 is 7.82 Å². The molecule has 0 atom stereocenters. The van der Waals surface area contributed by atoms with Gasteiger partial charge < -0.3 is 13.9 Å². The summed E-state index contributed by atoms with van der Waals surface area (Å²) in [5, 5.41) is 0. The molecule has 0 heterocycles. The summed E-state index contributed by atoms with van der Waals surface area (Å²) < 4.78 is 22.9. The van der Waals surface area contributed by atoms with Crippen LogP contribution in [0.3, 0.4) is 0 Å². The third-order valence-electron chi connectivity index (χ3n) is 6.40. The van der Waals surface area contributed by atoms with E-state index in [1.165, 1.54) is 24.3 Å². The summed E-state index contributed by atoms with van der Waals surface area (Å²) in [4.78, 5) is 38.0. The number of carbonyl (C=O) groups is 2. The molecule has 0 unspecified atom stereocenters. The van der Waals surface area contributed by atoms with Crippen LogP contribution in [0.4, 0.5) is 0 Å². The number of hydrogen-bond donors (Lipinski definition) is 0. The van der Waals surface area contributed by atoms with Crippen molar-refractivity contribution in [2.24, 2.45) is 0 Å². The smallest absolute Gasteiger partial charge is 0.736 e. The van der Waals surface area contributed by atoms with Crippen molar-refractivity contribution in [3.8, 4) is 11.5 Å². The van der Waals surface area contributed by atoms with Gasteiger partial charge in [-0.05, 0) is 85.3 Å². The van der Waals surface area contributed by atoms with E-state index in [1.807, 2.05) is 60.7 Å². The van der Waals surface area contributed by atoms with Crippen molar-refractivity contribution in [1.29, 1.82) is 0 Å². The minimum absolute atomic E-state index is 0. The fourth-order valence-corrected chi connectivity index (χ4v) is 5.14. The topological polar surface area (TPSA) is 92.7 Å². The van der Waals surface area contributed by atoms with Crippen molar-refractivity contribution >= 4 is 19.4 Å². The van der Waals surface area contributed by atoms with Crippen LogP contribution in [0.15, 0.2) is 97.1 Å². The van der Waals surface area contributed by atoms with Gasteiger partial charge in [-0.2, -0.15) is 0 Å². The molecule has 0 radical (unpaired) electrons. The molecule has 200 valence electrons. The summed E-state index contributed by atoms with van der Waals surface area (Å²) in [5.41, 5.74) is 4.41. The molecule has 4 aromatic rings. The summed E-state index contributed by atoms with van der Waals surface area (Å²) >= 11 is 0. The number of carbonyl (C=O) groups excluding carboxylic acids is 2. The zero-order valence-corrected chi connectivity index (χ0v) is 25.9. The fourth-order valence-electron chi connectivity index (χ4n) is 4.36. The number of aryl methyl sites for hydroxylation is 4. The first kappa shape index (κ1) is 31.5. The molecule has 4 rings (SSSR count). The molecule has 0 amide bonds. The van der Waals surface area contributed by atoms with E-state index in [2.05, 4.69) is 0 Å². The number of phosphoric ester groups is 1.